The Kier molecular flexibility index (Phi) is 3.55. The SMILES string of the molecule is C=C/C=C(\C)C1(c2ccccc2)CCc2cccc(C)c21. The molecule has 1 aliphatic rings. The standard InChI is InChI=1S/C21H22/c1-4-9-17(3)21(19-12-6-5-7-13-19)15-14-18-11-8-10-16(2)20(18)21/h4-13H,1,14-15H2,2-3H3/b17-9+. The van der Waals surface area contributed by atoms with E-state index in [0.29, 0.717) is 0 Å². The molecule has 2 aromatic carbocycles. The molecule has 0 aromatic heterocycles. The zero-order chi connectivity index (χ0) is 14.9. The summed E-state index contributed by atoms with van der Waals surface area (Å²) >= 11 is 0. The molecule has 0 saturated heterocycles. The van der Waals surface area contributed by atoms with Gasteiger partial charge in [-0.05, 0) is 48.9 Å². The first-order valence-corrected chi connectivity index (χ1v) is 7.64. The molecule has 0 spiro atoms. The van der Waals surface area contributed by atoms with Crippen molar-refractivity contribution in [1.29, 1.82) is 0 Å². The summed E-state index contributed by atoms with van der Waals surface area (Å²) in [5, 5.41) is 0. The second kappa shape index (κ2) is 5.37. The number of fused-ring (bicyclic) bond motifs is 1. The van der Waals surface area contributed by atoms with Crippen molar-refractivity contribution in [1.82, 2.24) is 0 Å². The Morgan fingerprint density at radius 3 is 2.57 bits per heavy atom. The van der Waals surface area contributed by atoms with Crippen LogP contribution in [0, 0.1) is 6.92 Å². The highest BCUT2D eigenvalue weighted by molar-refractivity contribution is 5.57. The lowest BCUT2D eigenvalue weighted by atomic mass is 9.69. The molecular weight excluding hydrogens is 252 g/mol. The Balaban J connectivity index is 2.32. The van der Waals surface area contributed by atoms with Gasteiger partial charge in [0.2, 0.25) is 0 Å². The number of rotatable bonds is 3. The van der Waals surface area contributed by atoms with Gasteiger partial charge in [0.05, 0.1) is 0 Å². The average Bonchev–Trinajstić information content (AvgIpc) is 2.90. The fourth-order valence-corrected chi connectivity index (χ4v) is 3.95. The van der Waals surface area contributed by atoms with Gasteiger partial charge >= 0.3 is 0 Å². The summed E-state index contributed by atoms with van der Waals surface area (Å²) in [6.45, 7) is 8.38. The van der Waals surface area contributed by atoms with Crippen molar-refractivity contribution in [2.75, 3.05) is 0 Å². The van der Waals surface area contributed by atoms with Crippen LogP contribution in [0.1, 0.15) is 35.6 Å². The molecule has 0 heterocycles. The van der Waals surface area contributed by atoms with E-state index in [-0.39, 0.29) is 5.41 Å². The largest absolute Gasteiger partial charge is 0.0991 e. The number of aryl methyl sites for hydroxylation is 2. The Morgan fingerprint density at radius 2 is 1.86 bits per heavy atom. The minimum atomic E-state index is 0.0100. The maximum atomic E-state index is 3.90. The fraction of sp³-hybridized carbons (Fsp3) is 0.238. The van der Waals surface area contributed by atoms with Crippen molar-refractivity contribution in [3.8, 4) is 0 Å². The monoisotopic (exact) mass is 274 g/mol. The van der Waals surface area contributed by atoms with Crippen LogP contribution in [-0.2, 0) is 11.8 Å². The summed E-state index contributed by atoms with van der Waals surface area (Å²) in [6, 6.07) is 17.6. The van der Waals surface area contributed by atoms with Gasteiger partial charge in [0.1, 0.15) is 0 Å². The molecule has 1 unspecified atom stereocenters. The molecule has 0 heteroatoms. The van der Waals surface area contributed by atoms with Crippen molar-refractivity contribution in [3.63, 3.8) is 0 Å². The minimum Gasteiger partial charge on any atom is -0.0991 e. The zero-order valence-corrected chi connectivity index (χ0v) is 12.9. The van der Waals surface area contributed by atoms with Crippen molar-refractivity contribution >= 4 is 0 Å². The fourth-order valence-electron chi connectivity index (χ4n) is 3.95. The average molecular weight is 274 g/mol. The lowest BCUT2D eigenvalue weighted by Gasteiger charge is -2.34. The third kappa shape index (κ3) is 2.06. The molecule has 3 rings (SSSR count). The second-order valence-corrected chi connectivity index (χ2v) is 5.97. The van der Waals surface area contributed by atoms with Gasteiger partial charge in [-0.1, -0.05) is 72.8 Å². The molecule has 0 aliphatic heterocycles. The lowest BCUT2D eigenvalue weighted by molar-refractivity contribution is 0.593. The topological polar surface area (TPSA) is 0 Å². The van der Waals surface area contributed by atoms with Crippen LogP contribution in [0.2, 0.25) is 0 Å². The van der Waals surface area contributed by atoms with E-state index in [1.54, 1.807) is 0 Å². The maximum Gasteiger partial charge on any atom is 0.0420 e. The molecule has 1 aliphatic carbocycles. The highest BCUT2D eigenvalue weighted by atomic mass is 14.4. The Morgan fingerprint density at radius 1 is 1.10 bits per heavy atom. The number of hydrogen-bond acceptors (Lipinski definition) is 0. The predicted octanol–water partition coefficient (Wildman–Crippen LogP) is 5.36. The summed E-state index contributed by atoms with van der Waals surface area (Å²) in [7, 11) is 0. The first-order chi connectivity index (χ1) is 10.2. The number of benzene rings is 2. The van der Waals surface area contributed by atoms with Crippen LogP contribution >= 0.6 is 0 Å². The smallest absolute Gasteiger partial charge is 0.0420 e. The van der Waals surface area contributed by atoms with Crippen LogP contribution in [0.4, 0.5) is 0 Å². The molecule has 0 amide bonds. The van der Waals surface area contributed by atoms with Crippen molar-refractivity contribution < 1.29 is 0 Å². The van der Waals surface area contributed by atoms with E-state index in [1.165, 1.54) is 27.8 Å². The van der Waals surface area contributed by atoms with Crippen LogP contribution in [0.25, 0.3) is 0 Å². The van der Waals surface area contributed by atoms with Gasteiger partial charge in [0, 0.05) is 5.41 Å². The zero-order valence-electron chi connectivity index (χ0n) is 12.9. The van der Waals surface area contributed by atoms with Crippen LogP contribution < -0.4 is 0 Å². The van der Waals surface area contributed by atoms with Crippen molar-refractivity contribution in [2.45, 2.75) is 32.1 Å². The predicted molar refractivity (Wildman–Crippen MR) is 90.7 cm³/mol. The summed E-state index contributed by atoms with van der Waals surface area (Å²) < 4.78 is 0. The molecule has 21 heavy (non-hydrogen) atoms. The molecule has 0 fully saturated rings. The van der Waals surface area contributed by atoms with Gasteiger partial charge in [0.25, 0.3) is 0 Å². The third-order valence-electron chi connectivity index (χ3n) is 4.86. The molecule has 2 aromatic rings. The van der Waals surface area contributed by atoms with E-state index in [0.717, 1.165) is 12.8 Å². The summed E-state index contributed by atoms with van der Waals surface area (Å²) in [6.07, 6.45) is 6.38. The highest BCUT2D eigenvalue weighted by Crippen LogP contribution is 2.50. The summed E-state index contributed by atoms with van der Waals surface area (Å²) in [5.74, 6) is 0. The molecule has 1 atom stereocenters. The Labute approximate surface area is 127 Å². The lowest BCUT2D eigenvalue weighted by Crippen LogP contribution is -2.27. The molecule has 0 N–H and O–H groups in total. The van der Waals surface area contributed by atoms with Crippen LogP contribution in [0.5, 0.6) is 0 Å². The van der Waals surface area contributed by atoms with Gasteiger partial charge in [-0.2, -0.15) is 0 Å². The summed E-state index contributed by atoms with van der Waals surface area (Å²) in [4.78, 5) is 0. The molecule has 0 radical (unpaired) electrons. The molecule has 0 saturated carbocycles. The van der Waals surface area contributed by atoms with Crippen LogP contribution in [0.15, 0.2) is 72.8 Å². The van der Waals surface area contributed by atoms with Crippen LogP contribution in [-0.4, -0.2) is 0 Å². The first kappa shape index (κ1) is 13.9. The molecule has 106 valence electrons. The highest BCUT2D eigenvalue weighted by Gasteiger charge is 2.42. The van der Waals surface area contributed by atoms with E-state index < -0.39 is 0 Å². The third-order valence-corrected chi connectivity index (χ3v) is 4.86. The quantitative estimate of drug-likeness (QED) is 0.661. The van der Waals surface area contributed by atoms with Gasteiger partial charge < -0.3 is 0 Å². The number of hydrogen-bond donors (Lipinski definition) is 0. The van der Waals surface area contributed by atoms with E-state index in [2.05, 4.69) is 75.0 Å². The van der Waals surface area contributed by atoms with Gasteiger partial charge in [0.15, 0.2) is 0 Å². The van der Waals surface area contributed by atoms with Crippen molar-refractivity contribution in [2.24, 2.45) is 0 Å². The maximum absolute atomic E-state index is 3.90. The van der Waals surface area contributed by atoms with Gasteiger partial charge in [-0.25, -0.2) is 0 Å². The van der Waals surface area contributed by atoms with E-state index in [9.17, 15) is 0 Å². The Hall–Kier alpha value is -2.08. The first-order valence-electron chi connectivity index (χ1n) is 7.64. The van der Waals surface area contributed by atoms with E-state index >= 15 is 0 Å². The normalized spacial score (nSPS) is 21.1. The van der Waals surface area contributed by atoms with Crippen molar-refractivity contribution in [3.05, 3.63) is 95.1 Å². The van der Waals surface area contributed by atoms with E-state index in [1.807, 2.05) is 6.08 Å². The van der Waals surface area contributed by atoms with Gasteiger partial charge in [-0.15, -0.1) is 0 Å². The number of allylic oxidation sites excluding steroid dienone is 3. The van der Waals surface area contributed by atoms with Crippen LogP contribution in [0.3, 0.4) is 0 Å². The molecule has 0 bridgehead atoms. The molecular formula is C21H22. The van der Waals surface area contributed by atoms with Gasteiger partial charge in [-0.3, -0.25) is 0 Å². The molecule has 0 nitrogen and oxygen atoms in total. The second-order valence-electron chi connectivity index (χ2n) is 5.97. The minimum absolute atomic E-state index is 0.0100. The Bertz CT molecular complexity index is 691. The summed E-state index contributed by atoms with van der Waals surface area (Å²) in [5.41, 5.74) is 7.19. The van der Waals surface area contributed by atoms with E-state index in [4.69, 9.17) is 0 Å².